The van der Waals surface area contributed by atoms with E-state index in [4.69, 9.17) is 13.9 Å². The van der Waals surface area contributed by atoms with Gasteiger partial charge in [-0.3, -0.25) is 9.59 Å². The molecule has 1 aromatic heterocycles. The van der Waals surface area contributed by atoms with Crippen molar-refractivity contribution in [1.29, 1.82) is 0 Å². The van der Waals surface area contributed by atoms with Crippen LogP contribution in [0.5, 0.6) is 28.7 Å². The highest BCUT2D eigenvalue weighted by molar-refractivity contribution is 5.93. The molecule has 1 aliphatic rings. The Bertz CT molecular complexity index is 1600. The van der Waals surface area contributed by atoms with Gasteiger partial charge in [0.15, 0.2) is 16.9 Å². The average molecular weight is 486 g/mol. The summed E-state index contributed by atoms with van der Waals surface area (Å²) in [6, 6.07) is 13.7. The maximum absolute atomic E-state index is 13.1. The highest BCUT2D eigenvalue weighted by Gasteiger charge is 2.35. The van der Waals surface area contributed by atoms with Crippen LogP contribution in [0.1, 0.15) is 30.4 Å². The Kier molecular flexibility index (Phi) is 5.64. The largest absolute Gasteiger partial charge is 0.507 e. The van der Waals surface area contributed by atoms with Crippen molar-refractivity contribution in [1.82, 2.24) is 0 Å². The molecule has 182 valence electrons. The third kappa shape index (κ3) is 4.02. The number of rotatable bonds is 5. The van der Waals surface area contributed by atoms with Gasteiger partial charge in [0.05, 0.1) is 6.42 Å². The van der Waals surface area contributed by atoms with Gasteiger partial charge in [0.25, 0.3) is 0 Å². The summed E-state index contributed by atoms with van der Waals surface area (Å²) in [5, 5.41) is 30.2. The van der Waals surface area contributed by atoms with Crippen molar-refractivity contribution in [3.63, 3.8) is 0 Å². The Balaban J connectivity index is 1.77. The van der Waals surface area contributed by atoms with E-state index in [0.29, 0.717) is 22.4 Å². The van der Waals surface area contributed by atoms with Gasteiger partial charge in [-0.1, -0.05) is 24.8 Å². The lowest BCUT2D eigenvalue weighted by Gasteiger charge is -2.27. The Hall–Kier alpha value is -4.72. The summed E-state index contributed by atoms with van der Waals surface area (Å²) >= 11 is 0. The molecule has 0 spiro atoms. The average Bonchev–Trinajstić information content (AvgIpc) is 2.83. The number of benzene rings is 3. The van der Waals surface area contributed by atoms with E-state index in [1.807, 2.05) is 25.1 Å². The van der Waals surface area contributed by atoms with Gasteiger partial charge in [0.1, 0.15) is 40.6 Å². The van der Waals surface area contributed by atoms with E-state index in [1.165, 1.54) is 30.3 Å². The second kappa shape index (κ2) is 8.81. The number of fused-ring (bicyclic) bond motifs is 3. The molecule has 0 fully saturated rings. The topological polar surface area (TPSA) is 126 Å². The molecule has 0 saturated heterocycles. The van der Waals surface area contributed by atoms with Crippen LogP contribution in [-0.2, 0) is 4.79 Å². The molecule has 0 amide bonds. The molecule has 3 N–H and O–H groups in total. The van der Waals surface area contributed by atoms with Crippen LogP contribution in [-0.4, -0.2) is 27.9 Å². The fourth-order valence-corrected chi connectivity index (χ4v) is 4.34. The van der Waals surface area contributed by atoms with Crippen molar-refractivity contribution in [3.05, 3.63) is 88.1 Å². The zero-order valence-corrected chi connectivity index (χ0v) is 19.3. The molecule has 4 aromatic rings. The van der Waals surface area contributed by atoms with E-state index in [9.17, 15) is 24.9 Å². The predicted octanol–water partition coefficient (Wildman–Crippen LogP) is 4.97. The minimum absolute atomic E-state index is 0.0474. The van der Waals surface area contributed by atoms with Gasteiger partial charge in [-0.2, -0.15) is 0 Å². The molecule has 0 saturated carbocycles. The van der Waals surface area contributed by atoms with Crippen LogP contribution < -0.4 is 14.9 Å². The Morgan fingerprint density at radius 1 is 1.03 bits per heavy atom. The lowest BCUT2D eigenvalue weighted by Crippen LogP contribution is -2.22. The molecule has 8 nitrogen and oxygen atoms in total. The summed E-state index contributed by atoms with van der Waals surface area (Å²) in [5.41, 5.74) is 1.76. The van der Waals surface area contributed by atoms with Gasteiger partial charge in [0.2, 0.25) is 0 Å². The first-order valence-corrected chi connectivity index (χ1v) is 11.2. The minimum atomic E-state index is -0.600. The van der Waals surface area contributed by atoms with E-state index in [1.54, 1.807) is 6.07 Å². The van der Waals surface area contributed by atoms with E-state index < -0.39 is 23.1 Å². The molecule has 5 rings (SSSR count). The van der Waals surface area contributed by atoms with Crippen LogP contribution in [0.4, 0.5) is 0 Å². The van der Waals surface area contributed by atoms with Gasteiger partial charge in [-0.15, -0.1) is 0 Å². The monoisotopic (exact) mass is 486 g/mol. The first-order valence-electron chi connectivity index (χ1n) is 11.2. The maximum Gasteiger partial charge on any atom is 0.312 e. The predicted molar refractivity (Wildman–Crippen MR) is 132 cm³/mol. The fraction of sp³-hybridized carbons (Fsp3) is 0.143. The highest BCUT2D eigenvalue weighted by atomic mass is 16.5. The van der Waals surface area contributed by atoms with E-state index in [-0.39, 0.29) is 47.0 Å². The number of carbonyl (C=O) groups excluding carboxylic acids is 1. The van der Waals surface area contributed by atoms with Gasteiger partial charge in [-0.25, -0.2) is 0 Å². The summed E-state index contributed by atoms with van der Waals surface area (Å²) in [6.07, 6.45) is -0.0474. The number of para-hydroxylation sites is 1. The van der Waals surface area contributed by atoms with E-state index in [0.717, 1.165) is 5.57 Å². The Morgan fingerprint density at radius 3 is 2.56 bits per heavy atom. The molecule has 8 heteroatoms. The molecule has 3 aromatic carbocycles. The first-order chi connectivity index (χ1) is 17.2. The van der Waals surface area contributed by atoms with Crippen molar-refractivity contribution >= 4 is 16.9 Å². The number of carbonyl (C=O) groups is 1. The molecular weight excluding hydrogens is 464 g/mol. The lowest BCUT2D eigenvalue weighted by atomic mass is 9.84. The standard InChI is InChI=1S/C28H22O8/c1-14(2)13-34-22-6-4-3-5-16(22)17-10-25(33)35-24-12-21(32)27-20(31)11-23(36-28(27)26(17)24)15-7-8-18(29)19(30)9-15/h3-9,11-12,17,29-30,32H,1,10,13H2,2H3. The molecule has 1 aliphatic heterocycles. The highest BCUT2D eigenvalue weighted by Crippen LogP contribution is 2.48. The zero-order valence-electron chi connectivity index (χ0n) is 19.3. The molecule has 0 aliphatic carbocycles. The molecule has 0 bridgehead atoms. The van der Waals surface area contributed by atoms with Crippen LogP contribution in [0.2, 0.25) is 0 Å². The van der Waals surface area contributed by atoms with Crippen LogP contribution in [0.15, 0.2) is 76.0 Å². The number of esters is 1. The quantitative estimate of drug-likeness (QED) is 0.156. The van der Waals surface area contributed by atoms with E-state index in [2.05, 4.69) is 6.58 Å². The van der Waals surface area contributed by atoms with Crippen LogP contribution in [0, 0.1) is 0 Å². The summed E-state index contributed by atoms with van der Waals surface area (Å²) < 4.78 is 17.5. The van der Waals surface area contributed by atoms with Crippen molar-refractivity contribution < 1.29 is 34.0 Å². The normalized spacial score (nSPS) is 14.8. The van der Waals surface area contributed by atoms with Gasteiger partial charge < -0.3 is 29.2 Å². The summed E-state index contributed by atoms with van der Waals surface area (Å²) in [7, 11) is 0. The Labute approximate surface area is 205 Å². The van der Waals surface area contributed by atoms with Crippen LogP contribution >= 0.6 is 0 Å². The number of hydrogen-bond donors (Lipinski definition) is 3. The van der Waals surface area contributed by atoms with Crippen molar-refractivity contribution in [2.45, 2.75) is 19.3 Å². The number of phenols is 3. The summed E-state index contributed by atoms with van der Waals surface area (Å²) in [5.74, 6) is -1.51. The molecule has 1 atom stereocenters. The van der Waals surface area contributed by atoms with Gasteiger partial charge in [0, 0.05) is 34.7 Å². The minimum Gasteiger partial charge on any atom is -0.507 e. The SMILES string of the molecule is C=C(C)COc1ccccc1C1CC(=O)Oc2cc(O)c3c(=O)cc(-c4ccc(O)c(O)c4)oc3c21. The smallest absolute Gasteiger partial charge is 0.312 e. The van der Waals surface area contributed by atoms with E-state index >= 15 is 0 Å². The van der Waals surface area contributed by atoms with Crippen LogP contribution in [0.25, 0.3) is 22.3 Å². The summed E-state index contributed by atoms with van der Waals surface area (Å²) in [6.45, 7) is 5.98. The van der Waals surface area contributed by atoms with Crippen molar-refractivity contribution in [2.75, 3.05) is 6.61 Å². The third-order valence-electron chi connectivity index (χ3n) is 5.95. The lowest BCUT2D eigenvalue weighted by molar-refractivity contribution is -0.135. The second-order valence-electron chi connectivity index (χ2n) is 8.70. The van der Waals surface area contributed by atoms with Crippen LogP contribution in [0.3, 0.4) is 0 Å². The fourth-order valence-electron chi connectivity index (χ4n) is 4.34. The molecular formula is C28H22O8. The molecule has 0 radical (unpaired) electrons. The zero-order chi connectivity index (χ0) is 25.6. The third-order valence-corrected chi connectivity index (χ3v) is 5.95. The molecule has 2 heterocycles. The van der Waals surface area contributed by atoms with Gasteiger partial charge >= 0.3 is 5.97 Å². The van der Waals surface area contributed by atoms with Crippen molar-refractivity contribution in [2.24, 2.45) is 0 Å². The number of phenolic OH excluding ortho intramolecular Hbond substituents is 3. The Morgan fingerprint density at radius 2 is 1.81 bits per heavy atom. The number of ether oxygens (including phenoxy) is 2. The van der Waals surface area contributed by atoms with Crippen molar-refractivity contribution in [3.8, 4) is 40.1 Å². The summed E-state index contributed by atoms with van der Waals surface area (Å²) in [4.78, 5) is 25.7. The number of aromatic hydroxyl groups is 3. The first kappa shape index (κ1) is 23.0. The maximum atomic E-state index is 13.1. The van der Waals surface area contributed by atoms with Gasteiger partial charge in [-0.05, 0) is 36.8 Å². The molecule has 1 unspecified atom stereocenters. The number of hydrogen-bond acceptors (Lipinski definition) is 8. The second-order valence-corrected chi connectivity index (χ2v) is 8.70. The molecule has 36 heavy (non-hydrogen) atoms.